The zero-order chi connectivity index (χ0) is 21.0. The van der Waals surface area contributed by atoms with Crippen molar-refractivity contribution < 1.29 is 17.6 Å². The van der Waals surface area contributed by atoms with Crippen molar-refractivity contribution in [2.24, 2.45) is 0 Å². The highest BCUT2D eigenvalue weighted by Crippen LogP contribution is 2.25. The molecule has 1 fully saturated rings. The van der Waals surface area contributed by atoms with E-state index < -0.39 is 16.1 Å². The lowest BCUT2D eigenvalue weighted by Gasteiger charge is -2.39. The number of carbonyl (C=O) groups excluding carboxylic acids is 1. The topological polar surface area (TPSA) is 60.9 Å². The van der Waals surface area contributed by atoms with Crippen LogP contribution in [0.4, 0.5) is 15.8 Å². The van der Waals surface area contributed by atoms with Gasteiger partial charge >= 0.3 is 0 Å². The molecule has 0 bridgehead atoms. The van der Waals surface area contributed by atoms with E-state index in [4.69, 9.17) is 0 Å². The normalized spacial score (nSPS) is 15.8. The number of benzene rings is 2. The van der Waals surface area contributed by atoms with Gasteiger partial charge in [0.1, 0.15) is 11.9 Å². The number of para-hydroxylation sites is 2. The van der Waals surface area contributed by atoms with E-state index in [0.29, 0.717) is 44.0 Å². The summed E-state index contributed by atoms with van der Waals surface area (Å²) in [5, 5.41) is 0. The number of hydrogen-bond acceptors (Lipinski definition) is 4. The fourth-order valence-electron chi connectivity index (χ4n) is 3.70. The maximum atomic E-state index is 14.0. The van der Waals surface area contributed by atoms with Gasteiger partial charge in [-0.15, -0.1) is 0 Å². The van der Waals surface area contributed by atoms with Gasteiger partial charge in [-0.1, -0.05) is 37.3 Å². The van der Waals surface area contributed by atoms with Crippen molar-refractivity contribution >= 4 is 27.3 Å². The summed E-state index contributed by atoms with van der Waals surface area (Å²) >= 11 is 0. The molecular formula is C21H26FN3O3S. The van der Waals surface area contributed by atoms with Gasteiger partial charge in [0.25, 0.3) is 0 Å². The fraction of sp³-hybridized carbons (Fsp3) is 0.381. The molecule has 0 aliphatic carbocycles. The molecule has 1 aliphatic rings. The molecule has 0 unspecified atom stereocenters. The van der Waals surface area contributed by atoms with Gasteiger partial charge in [0.2, 0.25) is 15.9 Å². The van der Waals surface area contributed by atoms with Gasteiger partial charge in [-0.3, -0.25) is 9.10 Å². The summed E-state index contributed by atoms with van der Waals surface area (Å²) in [6.07, 6.45) is 1.47. The van der Waals surface area contributed by atoms with Gasteiger partial charge in [-0.05, 0) is 30.7 Å². The molecule has 156 valence electrons. The van der Waals surface area contributed by atoms with Gasteiger partial charge in [-0.2, -0.15) is 0 Å². The number of piperazine rings is 1. The highest BCUT2D eigenvalue weighted by atomic mass is 32.2. The summed E-state index contributed by atoms with van der Waals surface area (Å²) in [4.78, 5) is 16.8. The predicted octanol–water partition coefficient (Wildman–Crippen LogP) is 2.72. The maximum absolute atomic E-state index is 14.0. The van der Waals surface area contributed by atoms with Crippen LogP contribution in [0.2, 0.25) is 0 Å². The molecule has 0 radical (unpaired) electrons. The average molecular weight is 420 g/mol. The minimum Gasteiger partial charge on any atom is -0.366 e. The number of halogens is 1. The van der Waals surface area contributed by atoms with Crippen molar-refractivity contribution in [1.82, 2.24) is 4.90 Å². The van der Waals surface area contributed by atoms with Crippen LogP contribution in [0.25, 0.3) is 0 Å². The zero-order valence-corrected chi connectivity index (χ0v) is 17.5. The number of sulfonamides is 1. The molecule has 1 aliphatic heterocycles. The molecule has 8 heteroatoms. The molecule has 0 saturated carbocycles. The van der Waals surface area contributed by atoms with Crippen LogP contribution >= 0.6 is 0 Å². The lowest BCUT2D eigenvalue weighted by molar-refractivity contribution is -0.132. The Kier molecular flexibility index (Phi) is 6.42. The van der Waals surface area contributed by atoms with Gasteiger partial charge in [0.15, 0.2) is 0 Å². The maximum Gasteiger partial charge on any atom is 0.246 e. The lowest BCUT2D eigenvalue weighted by Crippen LogP contribution is -2.56. The van der Waals surface area contributed by atoms with Crippen molar-refractivity contribution in [2.45, 2.75) is 19.4 Å². The number of rotatable bonds is 6. The molecule has 1 saturated heterocycles. The first-order chi connectivity index (χ1) is 13.8. The third-order valence-electron chi connectivity index (χ3n) is 5.11. The molecule has 3 rings (SSSR count). The Morgan fingerprint density at radius 3 is 2.17 bits per heavy atom. The van der Waals surface area contributed by atoms with E-state index in [9.17, 15) is 17.6 Å². The summed E-state index contributed by atoms with van der Waals surface area (Å²) < 4.78 is 40.2. The Balaban J connectivity index is 1.77. The van der Waals surface area contributed by atoms with Crippen molar-refractivity contribution in [3.63, 3.8) is 0 Å². The molecule has 0 spiro atoms. The minimum absolute atomic E-state index is 0.227. The number of hydrogen-bond donors (Lipinski definition) is 0. The van der Waals surface area contributed by atoms with E-state index >= 15 is 0 Å². The molecule has 1 amide bonds. The summed E-state index contributed by atoms with van der Waals surface area (Å²) in [5.74, 6) is -0.513. The number of anilines is 2. The molecule has 1 heterocycles. The molecule has 0 N–H and O–H groups in total. The van der Waals surface area contributed by atoms with Crippen molar-refractivity contribution in [3.05, 3.63) is 60.4 Å². The van der Waals surface area contributed by atoms with E-state index in [0.717, 1.165) is 6.26 Å². The molecule has 1 atom stereocenters. The third kappa shape index (κ3) is 4.70. The van der Waals surface area contributed by atoms with Crippen LogP contribution in [0, 0.1) is 5.82 Å². The molecule has 2 aromatic rings. The van der Waals surface area contributed by atoms with Crippen LogP contribution in [-0.4, -0.2) is 57.7 Å². The fourth-order valence-corrected chi connectivity index (χ4v) is 4.91. The Labute approximate surface area is 171 Å². The predicted molar refractivity (Wildman–Crippen MR) is 113 cm³/mol. The van der Waals surface area contributed by atoms with E-state index in [2.05, 4.69) is 0 Å². The van der Waals surface area contributed by atoms with Crippen LogP contribution in [0.1, 0.15) is 13.3 Å². The van der Waals surface area contributed by atoms with Gasteiger partial charge in [-0.25, -0.2) is 12.8 Å². The Bertz CT molecular complexity index is 945. The Hall–Kier alpha value is -2.61. The SMILES string of the molecule is CC[C@H](C(=O)N1CCN(c2ccccc2F)CC1)N(c1ccccc1)S(C)(=O)=O. The number of carbonyl (C=O) groups is 1. The third-order valence-corrected chi connectivity index (χ3v) is 6.29. The van der Waals surface area contributed by atoms with Gasteiger partial charge < -0.3 is 9.80 Å². The van der Waals surface area contributed by atoms with Gasteiger partial charge in [0, 0.05) is 26.2 Å². The Morgan fingerprint density at radius 2 is 1.62 bits per heavy atom. The second-order valence-electron chi connectivity index (χ2n) is 7.08. The molecule has 0 aromatic heterocycles. The van der Waals surface area contributed by atoms with Crippen LogP contribution < -0.4 is 9.21 Å². The van der Waals surface area contributed by atoms with E-state index in [1.807, 2.05) is 4.90 Å². The summed E-state index contributed by atoms with van der Waals surface area (Å²) in [6, 6.07) is 14.4. The smallest absolute Gasteiger partial charge is 0.246 e. The van der Waals surface area contributed by atoms with Crippen molar-refractivity contribution in [3.8, 4) is 0 Å². The molecule has 6 nitrogen and oxygen atoms in total. The van der Waals surface area contributed by atoms with Crippen LogP contribution in [0.3, 0.4) is 0 Å². The highest BCUT2D eigenvalue weighted by molar-refractivity contribution is 7.92. The quantitative estimate of drug-likeness (QED) is 0.722. The summed E-state index contributed by atoms with van der Waals surface area (Å²) in [7, 11) is -3.65. The summed E-state index contributed by atoms with van der Waals surface area (Å²) in [5.41, 5.74) is 0.994. The molecule has 2 aromatic carbocycles. The molecular weight excluding hydrogens is 393 g/mol. The first kappa shape index (κ1) is 21.1. The molecule has 29 heavy (non-hydrogen) atoms. The first-order valence-corrected chi connectivity index (χ1v) is 11.5. The van der Waals surface area contributed by atoms with Gasteiger partial charge in [0.05, 0.1) is 17.6 Å². The second kappa shape index (κ2) is 8.82. The lowest BCUT2D eigenvalue weighted by atomic mass is 10.1. The number of nitrogens with zero attached hydrogens (tertiary/aromatic N) is 3. The van der Waals surface area contributed by atoms with Crippen LogP contribution in [0.15, 0.2) is 54.6 Å². The largest absolute Gasteiger partial charge is 0.366 e. The van der Waals surface area contributed by atoms with E-state index in [1.165, 1.54) is 10.4 Å². The zero-order valence-electron chi connectivity index (χ0n) is 16.7. The minimum atomic E-state index is -3.65. The second-order valence-corrected chi connectivity index (χ2v) is 8.94. The highest BCUT2D eigenvalue weighted by Gasteiger charge is 2.35. The average Bonchev–Trinajstić information content (AvgIpc) is 2.71. The van der Waals surface area contributed by atoms with Crippen LogP contribution in [-0.2, 0) is 14.8 Å². The van der Waals surface area contributed by atoms with Crippen LogP contribution in [0.5, 0.6) is 0 Å². The van der Waals surface area contributed by atoms with Crippen molar-refractivity contribution in [1.29, 1.82) is 0 Å². The van der Waals surface area contributed by atoms with Crippen molar-refractivity contribution in [2.75, 3.05) is 41.6 Å². The van der Waals surface area contributed by atoms with E-state index in [-0.39, 0.29) is 11.7 Å². The number of amides is 1. The monoisotopic (exact) mass is 419 g/mol. The van der Waals surface area contributed by atoms with E-state index in [1.54, 1.807) is 60.4 Å². The summed E-state index contributed by atoms with van der Waals surface area (Å²) in [6.45, 7) is 3.62. The Morgan fingerprint density at radius 1 is 1.03 bits per heavy atom. The first-order valence-electron chi connectivity index (χ1n) is 9.65. The standard InChI is InChI=1S/C21H26FN3O3S/c1-3-19(25(29(2,27)28)17-9-5-4-6-10-17)21(26)24-15-13-23(14-16-24)20-12-8-7-11-18(20)22/h4-12,19H,3,13-16H2,1-2H3/t19-/m1/s1.